The lowest BCUT2D eigenvalue weighted by Gasteiger charge is -2.10. The normalized spacial score (nSPS) is 10.5. The molecule has 0 aliphatic carbocycles. The molecule has 0 radical (unpaired) electrons. The van der Waals surface area contributed by atoms with Gasteiger partial charge >= 0.3 is 0 Å². The Morgan fingerprint density at radius 2 is 1.92 bits per heavy atom. The lowest BCUT2D eigenvalue weighted by molar-refractivity contribution is 0.102. The number of halogens is 1. The van der Waals surface area contributed by atoms with E-state index in [4.69, 9.17) is 14.3 Å². The Hall–Kier alpha value is -2.57. The summed E-state index contributed by atoms with van der Waals surface area (Å²) in [5.41, 5.74) is 1.96. The second kappa shape index (κ2) is 7.55. The minimum absolute atomic E-state index is 0.136. The molecule has 2 aromatic carbocycles. The molecule has 3 rings (SSSR count). The minimum Gasteiger partial charge on any atom is -0.496 e. The van der Waals surface area contributed by atoms with Crippen molar-refractivity contribution in [2.24, 2.45) is 0 Å². The number of aliphatic hydroxyl groups excluding tert-OH is 1. The topological polar surface area (TPSA) is 71.7 Å². The van der Waals surface area contributed by atoms with E-state index in [0.29, 0.717) is 28.5 Å². The van der Waals surface area contributed by atoms with Gasteiger partial charge in [-0.3, -0.25) is 4.79 Å². The summed E-state index contributed by atoms with van der Waals surface area (Å²) in [5, 5.41) is 11.9. The number of hydrogen-bond donors (Lipinski definition) is 2. The molecule has 0 saturated carbocycles. The Bertz CT molecular complexity index is 887. The van der Waals surface area contributed by atoms with Crippen LogP contribution < -0.4 is 10.1 Å². The fourth-order valence-electron chi connectivity index (χ4n) is 2.39. The van der Waals surface area contributed by atoms with Crippen molar-refractivity contribution < 1.29 is 19.1 Å². The predicted molar refractivity (Wildman–Crippen MR) is 98.7 cm³/mol. The Labute approximate surface area is 153 Å². The zero-order chi connectivity index (χ0) is 17.8. The van der Waals surface area contributed by atoms with Crippen molar-refractivity contribution in [2.45, 2.75) is 6.61 Å². The van der Waals surface area contributed by atoms with Crippen molar-refractivity contribution in [1.29, 1.82) is 0 Å². The van der Waals surface area contributed by atoms with Crippen LogP contribution in [0.4, 0.5) is 5.69 Å². The molecule has 0 aliphatic heterocycles. The molecule has 1 heterocycles. The van der Waals surface area contributed by atoms with Gasteiger partial charge in [0.15, 0.2) is 0 Å². The maximum atomic E-state index is 12.5. The zero-order valence-corrected chi connectivity index (χ0v) is 15.0. The van der Waals surface area contributed by atoms with Gasteiger partial charge in [-0.05, 0) is 54.6 Å². The monoisotopic (exact) mass is 401 g/mol. The molecule has 0 fully saturated rings. The first-order valence-corrected chi connectivity index (χ1v) is 8.35. The quantitative estimate of drug-likeness (QED) is 0.661. The summed E-state index contributed by atoms with van der Waals surface area (Å²) >= 11 is 3.36. The summed E-state index contributed by atoms with van der Waals surface area (Å²) in [6.07, 6.45) is 0. The largest absolute Gasteiger partial charge is 0.496 e. The molecule has 1 aromatic heterocycles. The molecule has 2 N–H and O–H groups in total. The smallest absolute Gasteiger partial charge is 0.259 e. The van der Waals surface area contributed by atoms with Crippen LogP contribution in [0.25, 0.3) is 11.3 Å². The molecule has 0 unspecified atom stereocenters. The second-order valence-electron chi connectivity index (χ2n) is 5.30. The lowest BCUT2D eigenvalue weighted by atomic mass is 10.1. The average molecular weight is 402 g/mol. The van der Waals surface area contributed by atoms with E-state index in [1.165, 1.54) is 7.11 Å². The Morgan fingerprint density at radius 3 is 2.56 bits per heavy atom. The number of amides is 1. The molecule has 128 valence electrons. The fourth-order valence-corrected chi connectivity index (χ4v) is 2.75. The van der Waals surface area contributed by atoms with Crippen LogP contribution in [0.3, 0.4) is 0 Å². The molecule has 6 heteroatoms. The van der Waals surface area contributed by atoms with E-state index in [9.17, 15) is 4.79 Å². The van der Waals surface area contributed by atoms with Gasteiger partial charge in [0, 0.05) is 15.7 Å². The third-order valence-electron chi connectivity index (χ3n) is 3.65. The third kappa shape index (κ3) is 3.92. The third-order valence-corrected chi connectivity index (χ3v) is 4.14. The maximum Gasteiger partial charge on any atom is 0.259 e. The van der Waals surface area contributed by atoms with Gasteiger partial charge in [0.2, 0.25) is 0 Å². The maximum absolute atomic E-state index is 12.5. The molecule has 25 heavy (non-hydrogen) atoms. The Kier molecular flexibility index (Phi) is 5.21. The molecule has 3 aromatic rings. The van der Waals surface area contributed by atoms with E-state index in [0.717, 1.165) is 10.0 Å². The number of methoxy groups -OCH3 is 1. The van der Waals surface area contributed by atoms with Crippen molar-refractivity contribution in [3.63, 3.8) is 0 Å². The summed E-state index contributed by atoms with van der Waals surface area (Å²) in [6.45, 7) is -0.136. The highest BCUT2D eigenvalue weighted by molar-refractivity contribution is 9.10. The van der Waals surface area contributed by atoms with E-state index in [1.54, 1.807) is 36.4 Å². The summed E-state index contributed by atoms with van der Waals surface area (Å²) in [7, 11) is 1.53. The average Bonchev–Trinajstić information content (AvgIpc) is 3.11. The highest BCUT2D eigenvalue weighted by Gasteiger charge is 2.13. The molecule has 1 amide bonds. The number of aliphatic hydroxyl groups is 1. The summed E-state index contributed by atoms with van der Waals surface area (Å²) in [5.74, 6) is 1.42. The van der Waals surface area contributed by atoms with Crippen LogP contribution in [-0.2, 0) is 6.61 Å². The number of anilines is 1. The number of ether oxygens (including phenoxy) is 1. The molecule has 5 nitrogen and oxygen atoms in total. The van der Waals surface area contributed by atoms with Crippen LogP contribution >= 0.6 is 15.9 Å². The number of nitrogens with one attached hydrogen (secondary N) is 1. The van der Waals surface area contributed by atoms with Crippen molar-refractivity contribution >= 4 is 27.5 Å². The number of benzene rings is 2. The van der Waals surface area contributed by atoms with E-state index in [2.05, 4.69) is 21.2 Å². The van der Waals surface area contributed by atoms with Gasteiger partial charge in [0.05, 0.1) is 12.7 Å². The standard InChI is InChI=1S/C19H16BrNO4/c1-24-18-8-4-13(20)10-16(18)19(23)21-14-5-2-12(3-6-14)17-9-7-15(11-22)25-17/h2-10,22H,11H2,1H3,(H,21,23). The van der Waals surface area contributed by atoms with Crippen LogP contribution in [-0.4, -0.2) is 18.1 Å². The fraction of sp³-hybridized carbons (Fsp3) is 0.105. The summed E-state index contributed by atoms with van der Waals surface area (Å²) < 4.78 is 11.5. The van der Waals surface area contributed by atoms with Crippen molar-refractivity contribution in [1.82, 2.24) is 0 Å². The van der Waals surface area contributed by atoms with Crippen LogP contribution in [0.5, 0.6) is 5.75 Å². The number of hydrogen-bond acceptors (Lipinski definition) is 4. The number of furan rings is 1. The zero-order valence-electron chi connectivity index (χ0n) is 13.5. The predicted octanol–water partition coefficient (Wildman–Crippen LogP) is 4.46. The Morgan fingerprint density at radius 1 is 1.16 bits per heavy atom. The van der Waals surface area contributed by atoms with Gasteiger partial charge in [0.1, 0.15) is 23.9 Å². The highest BCUT2D eigenvalue weighted by atomic mass is 79.9. The van der Waals surface area contributed by atoms with Crippen molar-refractivity contribution in [2.75, 3.05) is 12.4 Å². The van der Waals surface area contributed by atoms with E-state index in [-0.39, 0.29) is 12.5 Å². The molecule has 0 atom stereocenters. The number of rotatable bonds is 5. The van der Waals surface area contributed by atoms with Gasteiger partial charge < -0.3 is 19.6 Å². The SMILES string of the molecule is COc1ccc(Br)cc1C(=O)Nc1ccc(-c2ccc(CO)o2)cc1. The number of carbonyl (C=O) groups is 1. The molecular weight excluding hydrogens is 386 g/mol. The van der Waals surface area contributed by atoms with Crippen molar-refractivity contribution in [3.05, 3.63) is 70.4 Å². The van der Waals surface area contributed by atoms with Gasteiger partial charge in [-0.2, -0.15) is 0 Å². The van der Waals surface area contributed by atoms with Crippen LogP contribution in [0.2, 0.25) is 0 Å². The first-order chi connectivity index (χ1) is 12.1. The van der Waals surface area contributed by atoms with E-state index < -0.39 is 0 Å². The lowest BCUT2D eigenvalue weighted by Crippen LogP contribution is -2.13. The summed E-state index contributed by atoms with van der Waals surface area (Å²) in [4.78, 5) is 12.5. The Balaban J connectivity index is 1.77. The van der Waals surface area contributed by atoms with Crippen LogP contribution in [0.15, 0.2) is 63.5 Å². The van der Waals surface area contributed by atoms with Crippen molar-refractivity contribution in [3.8, 4) is 17.1 Å². The minimum atomic E-state index is -0.258. The van der Waals surface area contributed by atoms with E-state index in [1.807, 2.05) is 18.2 Å². The number of carbonyl (C=O) groups excluding carboxylic acids is 1. The van der Waals surface area contributed by atoms with Gasteiger partial charge in [0.25, 0.3) is 5.91 Å². The van der Waals surface area contributed by atoms with Gasteiger partial charge in [-0.15, -0.1) is 0 Å². The highest BCUT2D eigenvalue weighted by Crippen LogP contribution is 2.26. The van der Waals surface area contributed by atoms with Crippen LogP contribution in [0.1, 0.15) is 16.1 Å². The van der Waals surface area contributed by atoms with Gasteiger partial charge in [-0.1, -0.05) is 15.9 Å². The van der Waals surface area contributed by atoms with E-state index >= 15 is 0 Å². The molecule has 0 bridgehead atoms. The second-order valence-corrected chi connectivity index (χ2v) is 6.22. The van der Waals surface area contributed by atoms with Crippen LogP contribution in [0, 0.1) is 0 Å². The molecule has 0 saturated heterocycles. The molecule has 0 aliphatic rings. The first kappa shape index (κ1) is 17.3. The van der Waals surface area contributed by atoms with Gasteiger partial charge in [-0.25, -0.2) is 0 Å². The first-order valence-electron chi connectivity index (χ1n) is 7.55. The molecular formula is C19H16BrNO4. The summed E-state index contributed by atoms with van der Waals surface area (Å²) in [6, 6.07) is 16.0. The molecule has 0 spiro atoms.